The molecule has 2 rings (SSSR count). The molecule has 2 aromatic carbocycles. The summed E-state index contributed by atoms with van der Waals surface area (Å²) in [4.78, 5) is 0. The predicted octanol–water partition coefficient (Wildman–Crippen LogP) is 3.81. The molecule has 18 heavy (non-hydrogen) atoms. The maximum atomic E-state index is 5.72. The molecule has 0 aliphatic carbocycles. The van der Waals surface area contributed by atoms with Gasteiger partial charge in [0.05, 0.1) is 6.00 Å². The molecule has 94 valence electrons. The van der Waals surface area contributed by atoms with E-state index in [1.807, 2.05) is 42.5 Å². The Morgan fingerprint density at radius 3 is 2.22 bits per heavy atom. The molecule has 2 nitrogen and oxygen atoms in total. The maximum absolute atomic E-state index is 5.72. The molecule has 0 radical (unpaired) electrons. The smallest absolute Gasteiger partial charge is 0.127 e. The van der Waals surface area contributed by atoms with E-state index in [-0.39, 0.29) is 0 Å². The molecule has 0 amide bonds. The van der Waals surface area contributed by atoms with Gasteiger partial charge in [0.25, 0.3) is 0 Å². The van der Waals surface area contributed by atoms with Crippen LogP contribution in [0.3, 0.4) is 0 Å². The van der Waals surface area contributed by atoms with Gasteiger partial charge in [-0.25, -0.2) is 0 Å². The lowest BCUT2D eigenvalue weighted by Gasteiger charge is -2.06. The minimum atomic E-state index is 0.495. The van der Waals surface area contributed by atoms with E-state index in [4.69, 9.17) is 16.3 Å². The van der Waals surface area contributed by atoms with E-state index in [9.17, 15) is 0 Å². The van der Waals surface area contributed by atoms with E-state index < -0.39 is 0 Å². The fourth-order valence-electron chi connectivity index (χ4n) is 1.65. The number of alkyl halides is 1. The Morgan fingerprint density at radius 1 is 0.889 bits per heavy atom. The number of rotatable bonds is 6. The van der Waals surface area contributed by atoms with Crippen molar-refractivity contribution in [2.45, 2.75) is 6.42 Å². The van der Waals surface area contributed by atoms with Crippen molar-refractivity contribution in [2.24, 2.45) is 0 Å². The summed E-state index contributed by atoms with van der Waals surface area (Å²) in [5.41, 5.74) is 1.27. The zero-order chi connectivity index (χ0) is 12.6. The van der Waals surface area contributed by atoms with Crippen LogP contribution in [-0.2, 0) is 6.42 Å². The number of ether oxygens (including phenoxy) is 1. The normalized spacial score (nSPS) is 10.3. The first-order valence-electron chi connectivity index (χ1n) is 5.97. The van der Waals surface area contributed by atoms with Crippen LogP contribution in [-0.4, -0.2) is 12.5 Å². The molecular weight excluding hydrogens is 246 g/mol. The maximum Gasteiger partial charge on any atom is 0.127 e. The third kappa shape index (κ3) is 4.06. The summed E-state index contributed by atoms with van der Waals surface area (Å²) in [7, 11) is 0. The molecule has 0 fully saturated rings. The van der Waals surface area contributed by atoms with Gasteiger partial charge in [-0.15, -0.1) is 11.6 Å². The number of benzene rings is 2. The summed E-state index contributed by atoms with van der Waals surface area (Å²) in [5.74, 6) is 1.71. The van der Waals surface area contributed by atoms with E-state index in [2.05, 4.69) is 17.4 Å². The Hall–Kier alpha value is -1.51. The van der Waals surface area contributed by atoms with Crippen LogP contribution in [0.15, 0.2) is 54.6 Å². The average molecular weight is 262 g/mol. The largest absolute Gasteiger partial charge is 0.457 e. The summed E-state index contributed by atoms with van der Waals surface area (Å²) < 4.78 is 5.72. The summed E-state index contributed by atoms with van der Waals surface area (Å²) >= 11 is 5.55. The minimum Gasteiger partial charge on any atom is -0.457 e. The van der Waals surface area contributed by atoms with Gasteiger partial charge in [-0.1, -0.05) is 30.3 Å². The molecule has 0 aliphatic rings. The van der Waals surface area contributed by atoms with Crippen LogP contribution in [0.2, 0.25) is 0 Å². The first-order chi connectivity index (χ1) is 8.88. The van der Waals surface area contributed by atoms with Crippen molar-refractivity contribution in [3.63, 3.8) is 0 Å². The van der Waals surface area contributed by atoms with Gasteiger partial charge in [-0.3, -0.25) is 0 Å². The number of nitrogens with one attached hydrogen (secondary N) is 1. The predicted molar refractivity (Wildman–Crippen MR) is 75.4 cm³/mol. The number of halogens is 1. The highest BCUT2D eigenvalue weighted by molar-refractivity contribution is 6.17. The Kier molecular flexibility index (Phi) is 5.06. The summed E-state index contributed by atoms with van der Waals surface area (Å²) in [6.07, 6.45) is 0.971. The van der Waals surface area contributed by atoms with E-state index in [1.165, 1.54) is 5.56 Å². The van der Waals surface area contributed by atoms with Crippen molar-refractivity contribution in [3.8, 4) is 11.5 Å². The van der Waals surface area contributed by atoms with Gasteiger partial charge in [-0.2, -0.15) is 0 Å². The van der Waals surface area contributed by atoms with E-state index >= 15 is 0 Å². The molecule has 0 aromatic heterocycles. The molecule has 0 aliphatic heterocycles. The fourth-order valence-corrected chi connectivity index (χ4v) is 1.78. The van der Waals surface area contributed by atoms with Gasteiger partial charge in [-0.05, 0) is 36.2 Å². The molecule has 0 saturated heterocycles. The molecule has 1 N–H and O–H groups in total. The third-order valence-electron chi connectivity index (χ3n) is 2.59. The van der Waals surface area contributed by atoms with Crippen molar-refractivity contribution >= 4 is 11.6 Å². The topological polar surface area (TPSA) is 21.3 Å². The second-order valence-corrected chi connectivity index (χ2v) is 4.21. The van der Waals surface area contributed by atoms with Crippen LogP contribution in [0, 0.1) is 0 Å². The number of para-hydroxylation sites is 1. The quantitative estimate of drug-likeness (QED) is 0.485. The number of hydrogen-bond donors (Lipinski definition) is 1. The SMILES string of the molecule is ClCNCCc1ccc(Oc2ccccc2)cc1. The van der Waals surface area contributed by atoms with Gasteiger partial charge < -0.3 is 10.1 Å². The van der Waals surface area contributed by atoms with Crippen molar-refractivity contribution in [2.75, 3.05) is 12.5 Å². The minimum absolute atomic E-state index is 0.495. The van der Waals surface area contributed by atoms with Gasteiger partial charge in [0.1, 0.15) is 11.5 Å². The van der Waals surface area contributed by atoms with E-state index in [0.29, 0.717) is 6.00 Å². The highest BCUT2D eigenvalue weighted by Gasteiger charge is 1.97. The zero-order valence-corrected chi connectivity index (χ0v) is 10.9. The molecule has 3 heteroatoms. The molecular formula is C15H16ClNO. The van der Waals surface area contributed by atoms with Gasteiger partial charge in [0, 0.05) is 6.54 Å². The first-order valence-corrected chi connectivity index (χ1v) is 6.50. The number of hydrogen-bond acceptors (Lipinski definition) is 2. The average Bonchev–Trinajstić information content (AvgIpc) is 2.42. The Labute approximate surface area is 113 Å². The second-order valence-electron chi connectivity index (χ2n) is 3.94. The molecule has 2 aromatic rings. The van der Waals surface area contributed by atoms with Crippen LogP contribution in [0.4, 0.5) is 0 Å². The lowest BCUT2D eigenvalue weighted by molar-refractivity contribution is 0.482. The highest BCUT2D eigenvalue weighted by Crippen LogP contribution is 2.21. The lowest BCUT2D eigenvalue weighted by Crippen LogP contribution is -2.14. The van der Waals surface area contributed by atoms with Crippen LogP contribution in [0.25, 0.3) is 0 Å². The molecule has 0 unspecified atom stereocenters. The van der Waals surface area contributed by atoms with Crippen LogP contribution in [0.1, 0.15) is 5.56 Å². The van der Waals surface area contributed by atoms with Gasteiger partial charge >= 0.3 is 0 Å². The molecule has 0 atom stereocenters. The van der Waals surface area contributed by atoms with E-state index in [0.717, 1.165) is 24.5 Å². The Bertz CT molecular complexity index is 456. The van der Waals surface area contributed by atoms with Crippen molar-refractivity contribution < 1.29 is 4.74 Å². The van der Waals surface area contributed by atoms with Gasteiger partial charge in [0.2, 0.25) is 0 Å². The second kappa shape index (κ2) is 7.04. The third-order valence-corrected chi connectivity index (χ3v) is 2.78. The summed E-state index contributed by atoms with van der Waals surface area (Å²) in [6.45, 7) is 0.891. The standard InChI is InChI=1S/C15H16ClNO/c16-12-17-11-10-13-6-8-15(9-7-13)18-14-4-2-1-3-5-14/h1-9,17H,10-12H2. The Balaban J connectivity index is 1.91. The van der Waals surface area contributed by atoms with Crippen LogP contribution >= 0.6 is 11.6 Å². The molecule has 0 spiro atoms. The summed E-state index contributed by atoms with van der Waals surface area (Å²) in [5, 5.41) is 3.09. The lowest BCUT2D eigenvalue weighted by atomic mass is 10.1. The fraction of sp³-hybridized carbons (Fsp3) is 0.200. The van der Waals surface area contributed by atoms with Crippen LogP contribution < -0.4 is 10.1 Å². The highest BCUT2D eigenvalue weighted by atomic mass is 35.5. The van der Waals surface area contributed by atoms with Crippen molar-refractivity contribution in [1.82, 2.24) is 5.32 Å². The monoisotopic (exact) mass is 261 g/mol. The van der Waals surface area contributed by atoms with E-state index in [1.54, 1.807) is 0 Å². The Morgan fingerprint density at radius 2 is 1.56 bits per heavy atom. The zero-order valence-electron chi connectivity index (χ0n) is 10.1. The van der Waals surface area contributed by atoms with Gasteiger partial charge in [0.15, 0.2) is 0 Å². The summed E-state index contributed by atoms with van der Waals surface area (Å²) in [6, 6.07) is 18.4. The van der Waals surface area contributed by atoms with Crippen molar-refractivity contribution in [3.05, 3.63) is 60.2 Å². The first kappa shape index (κ1) is 12.9. The molecule has 0 bridgehead atoms. The molecule has 0 saturated carbocycles. The van der Waals surface area contributed by atoms with Crippen LogP contribution in [0.5, 0.6) is 11.5 Å². The molecule has 0 heterocycles. The van der Waals surface area contributed by atoms with Crippen molar-refractivity contribution in [1.29, 1.82) is 0 Å².